The third kappa shape index (κ3) is 3.31. The zero-order chi connectivity index (χ0) is 20.5. The molecular formula is C23H24N4O2. The van der Waals surface area contributed by atoms with E-state index in [2.05, 4.69) is 19.1 Å². The quantitative estimate of drug-likeness (QED) is 0.502. The number of aryl methyl sites for hydroxylation is 1. The van der Waals surface area contributed by atoms with Gasteiger partial charge < -0.3 is 10.5 Å². The van der Waals surface area contributed by atoms with Gasteiger partial charge in [0.15, 0.2) is 5.65 Å². The summed E-state index contributed by atoms with van der Waals surface area (Å²) in [6, 6.07) is 15.6. The number of rotatable bonds is 5. The second-order valence-electron chi connectivity index (χ2n) is 7.13. The van der Waals surface area contributed by atoms with Crippen molar-refractivity contribution >= 4 is 34.0 Å². The highest BCUT2D eigenvalue weighted by Gasteiger charge is 2.26. The van der Waals surface area contributed by atoms with Gasteiger partial charge in [-0.1, -0.05) is 38.1 Å². The Labute approximate surface area is 169 Å². The molecule has 2 aromatic carbocycles. The number of esters is 1. The van der Waals surface area contributed by atoms with Gasteiger partial charge in [-0.3, -0.25) is 4.57 Å². The molecule has 0 saturated carbocycles. The van der Waals surface area contributed by atoms with Gasteiger partial charge in [0.1, 0.15) is 16.9 Å². The van der Waals surface area contributed by atoms with Gasteiger partial charge in [-0.15, -0.1) is 0 Å². The molecule has 0 saturated heterocycles. The summed E-state index contributed by atoms with van der Waals surface area (Å²) in [7, 11) is 0. The number of nitrogens with zero attached hydrogens (tertiary/aromatic N) is 3. The van der Waals surface area contributed by atoms with Crippen LogP contribution in [0.3, 0.4) is 0 Å². The number of hydrogen-bond donors (Lipinski definition) is 1. The van der Waals surface area contributed by atoms with E-state index in [9.17, 15) is 4.79 Å². The molecule has 1 atom stereocenters. The fourth-order valence-corrected chi connectivity index (χ4v) is 3.36. The van der Waals surface area contributed by atoms with Crippen molar-refractivity contribution in [2.45, 2.75) is 39.7 Å². The first-order chi connectivity index (χ1) is 14.0. The molecule has 0 bridgehead atoms. The van der Waals surface area contributed by atoms with E-state index in [1.54, 1.807) is 4.57 Å². The van der Waals surface area contributed by atoms with Crippen LogP contribution in [0.5, 0.6) is 0 Å². The monoisotopic (exact) mass is 388 g/mol. The topological polar surface area (TPSA) is 83.0 Å². The number of fused-ring (bicyclic) bond motifs is 2. The van der Waals surface area contributed by atoms with Crippen LogP contribution in [0.25, 0.3) is 27.9 Å². The van der Waals surface area contributed by atoms with E-state index in [-0.39, 0.29) is 17.5 Å². The van der Waals surface area contributed by atoms with Crippen LogP contribution >= 0.6 is 0 Å². The summed E-state index contributed by atoms with van der Waals surface area (Å²) in [5.41, 5.74) is 11.2. The molecule has 0 unspecified atom stereocenters. The van der Waals surface area contributed by atoms with Crippen molar-refractivity contribution in [1.29, 1.82) is 0 Å². The Morgan fingerprint density at radius 3 is 2.52 bits per heavy atom. The van der Waals surface area contributed by atoms with Crippen LogP contribution < -0.4 is 5.73 Å². The van der Waals surface area contributed by atoms with Crippen LogP contribution in [0, 0.1) is 0 Å². The number of nitrogen functional groups attached to an aromatic ring is 1. The van der Waals surface area contributed by atoms with Gasteiger partial charge >= 0.3 is 5.97 Å². The highest BCUT2D eigenvalue weighted by molar-refractivity contribution is 6.09. The fraction of sp³-hybridized carbons (Fsp3) is 0.261. The standard InChI is InChI=1S/C23H24N4O2/c1-4-14(3)29-23(28)19-20-22(26-18-12-7-6-11-17(18)25-20)27(21(19)24)16-10-8-9-15(5-2)13-16/h6-14H,4-5,24H2,1-3H3/t14-/m1/s1. The van der Waals surface area contributed by atoms with Gasteiger partial charge in [0.2, 0.25) is 0 Å². The molecule has 2 N–H and O–H groups in total. The van der Waals surface area contributed by atoms with E-state index < -0.39 is 5.97 Å². The van der Waals surface area contributed by atoms with Crippen molar-refractivity contribution in [3.63, 3.8) is 0 Å². The predicted octanol–water partition coefficient (Wildman–Crippen LogP) is 4.67. The highest BCUT2D eigenvalue weighted by atomic mass is 16.5. The van der Waals surface area contributed by atoms with Gasteiger partial charge in [-0.25, -0.2) is 14.8 Å². The van der Waals surface area contributed by atoms with Crippen LogP contribution in [0.1, 0.15) is 43.1 Å². The van der Waals surface area contributed by atoms with Gasteiger partial charge in [0.05, 0.1) is 17.1 Å². The molecule has 0 amide bonds. The molecule has 0 aliphatic carbocycles. The molecule has 6 heteroatoms. The molecule has 148 valence electrons. The van der Waals surface area contributed by atoms with Crippen molar-refractivity contribution in [3.05, 3.63) is 59.7 Å². The SMILES string of the molecule is CCc1cccc(-n2c(N)c(C(=O)O[C@H](C)CC)c3nc4ccccc4nc32)c1. The first-order valence-corrected chi connectivity index (χ1v) is 9.90. The Morgan fingerprint density at radius 2 is 1.83 bits per heavy atom. The number of nitrogens with two attached hydrogens (primary N) is 1. The van der Waals surface area contributed by atoms with Crippen molar-refractivity contribution in [1.82, 2.24) is 14.5 Å². The number of ether oxygens (including phenoxy) is 1. The molecule has 2 heterocycles. The van der Waals surface area contributed by atoms with E-state index in [0.29, 0.717) is 16.7 Å². The molecule has 0 aliphatic rings. The van der Waals surface area contributed by atoms with Crippen molar-refractivity contribution < 1.29 is 9.53 Å². The lowest BCUT2D eigenvalue weighted by atomic mass is 10.1. The number of benzene rings is 2. The minimum absolute atomic E-state index is 0.211. The number of hydrogen-bond acceptors (Lipinski definition) is 5. The highest BCUT2D eigenvalue weighted by Crippen LogP contribution is 2.32. The number of carbonyl (C=O) groups is 1. The smallest absolute Gasteiger partial charge is 0.344 e. The zero-order valence-electron chi connectivity index (χ0n) is 16.8. The average Bonchev–Trinajstić information content (AvgIpc) is 3.02. The van der Waals surface area contributed by atoms with Crippen LogP contribution in [-0.2, 0) is 11.2 Å². The summed E-state index contributed by atoms with van der Waals surface area (Å²) < 4.78 is 7.37. The Morgan fingerprint density at radius 1 is 1.10 bits per heavy atom. The largest absolute Gasteiger partial charge is 0.459 e. The lowest BCUT2D eigenvalue weighted by Gasteiger charge is -2.11. The summed E-state index contributed by atoms with van der Waals surface area (Å²) in [5, 5.41) is 0. The summed E-state index contributed by atoms with van der Waals surface area (Å²) in [4.78, 5) is 22.5. The molecule has 6 nitrogen and oxygen atoms in total. The van der Waals surface area contributed by atoms with E-state index in [1.807, 2.05) is 50.2 Å². The number of anilines is 1. The van der Waals surface area contributed by atoms with Crippen molar-refractivity contribution in [2.24, 2.45) is 0 Å². The van der Waals surface area contributed by atoms with Crippen LogP contribution in [-0.4, -0.2) is 26.6 Å². The third-order valence-electron chi connectivity index (χ3n) is 5.16. The molecule has 4 rings (SSSR count). The van der Waals surface area contributed by atoms with Crippen LogP contribution in [0.4, 0.5) is 5.82 Å². The average molecular weight is 388 g/mol. The molecule has 29 heavy (non-hydrogen) atoms. The fourth-order valence-electron chi connectivity index (χ4n) is 3.36. The molecular weight excluding hydrogens is 364 g/mol. The van der Waals surface area contributed by atoms with Gasteiger partial charge in [0.25, 0.3) is 0 Å². The van der Waals surface area contributed by atoms with Gasteiger partial charge in [0, 0.05) is 5.69 Å². The lowest BCUT2D eigenvalue weighted by Crippen LogP contribution is -2.15. The second kappa shape index (κ2) is 7.54. The second-order valence-corrected chi connectivity index (χ2v) is 7.13. The maximum absolute atomic E-state index is 13.0. The molecule has 0 fully saturated rings. The lowest BCUT2D eigenvalue weighted by molar-refractivity contribution is 0.0338. The maximum atomic E-state index is 13.0. The van der Waals surface area contributed by atoms with Crippen molar-refractivity contribution in [2.75, 3.05) is 5.73 Å². The Bertz CT molecular complexity index is 1210. The Kier molecular flexibility index (Phi) is 4.92. The van der Waals surface area contributed by atoms with E-state index in [0.717, 1.165) is 24.0 Å². The zero-order valence-corrected chi connectivity index (χ0v) is 16.8. The van der Waals surface area contributed by atoms with E-state index in [4.69, 9.17) is 20.4 Å². The molecule has 0 aliphatic heterocycles. The molecule has 0 radical (unpaired) electrons. The van der Waals surface area contributed by atoms with Gasteiger partial charge in [-0.2, -0.15) is 0 Å². The molecule has 0 spiro atoms. The molecule has 4 aromatic rings. The van der Waals surface area contributed by atoms with E-state index >= 15 is 0 Å². The van der Waals surface area contributed by atoms with Crippen LogP contribution in [0.2, 0.25) is 0 Å². The Hall–Kier alpha value is -3.41. The number of aromatic nitrogens is 3. The molecule has 2 aromatic heterocycles. The predicted molar refractivity (Wildman–Crippen MR) is 115 cm³/mol. The summed E-state index contributed by atoms with van der Waals surface area (Å²) in [6.45, 7) is 5.92. The number of carbonyl (C=O) groups excluding carboxylic acids is 1. The summed E-state index contributed by atoms with van der Waals surface area (Å²) in [5.74, 6) is -0.186. The van der Waals surface area contributed by atoms with Crippen LogP contribution in [0.15, 0.2) is 48.5 Å². The Balaban J connectivity index is 2.02. The first kappa shape index (κ1) is 18.9. The minimum atomic E-state index is -0.475. The normalized spacial score (nSPS) is 12.4. The number of para-hydroxylation sites is 2. The van der Waals surface area contributed by atoms with E-state index in [1.165, 1.54) is 5.56 Å². The summed E-state index contributed by atoms with van der Waals surface area (Å²) >= 11 is 0. The van der Waals surface area contributed by atoms with Crippen molar-refractivity contribution in [3.8, 4) is 5.69 Å². The summed E-state index contributed by atoms with van der Waals surface area (Å²) in [6.07, 6.45) is 1.40. The minimum Gasteiger partial charge on any atom is -0.459 e. The van der Waals surface area contributed by atoms with Gasteiger partial charge in [-0.05, 0) is 49.6 Å². The first-order valence-electron chi connectivity index (χ1n) is 9.90. The maximum Gasteiger partial charge on any atom is 0.344 e. The third-order valence-corrected chi connectivity index (χ3v) is 5.16.